The van der Waals surface area contributed by atoms with E-state index >= 15 is 0 Å². The Morgan fingerprint density at radius 3 is 2.42 bits per heavy atom. The minimum absolute atomic E-state index is 0.0154. The molecule has 0 saturated carbocycles. The molecule has 1 rings (SSSR count). The molecule has 0 amide bonds. The molecule has 1 aromatic heterocycles. The summed E-state index contributed by atoms with van der Waals surface area (Å²) in [5.41, 5.74) is 13.4. The summed E-state index contributed by atoms with van der Waals surface area (Å²) in [4.78, 5) is 6.47. The van der Waals surface area contributed by atoms with Gasteiger partial charge in [-0.1, -0.05) is 20.8 Å². The topological polar surface area (TPSA) is 68.2 Å². The van der Waals surface area contributed by atoms with Crippen molar-refractivity contribution in [3.05, 3.63) is 23.9 Å². The highest BCUT2D eigenvalue weighted by Gasteiger charge is 2.34. The van der Waals surface area contributed by atoms with Crippen molar-refractivity contribution >= 4 is 5.82 Å². The Hall–Kier alpha value is -1.13. The van der Waals surface area contributed by atoms with Gasteiger partial charge in [0.15, 0.2) is 0 Å². The molecule has 0 saturated heterocycles. The Bertz CT molecular complexity index is 389. The summed E-state index contributed by atoms with van der Waals surface area (Å²) in [5.74, 6) is 0.561. The predicted octanol–water partition coefficient (Wildman–Crippen LogP) is 2.04. The summed E-state index contributed by atoms with van der Waals surface area (Å²) in [6, 6.07) is 3.99. The number of anilines is 1. The molecule has 1 heterocycles. The van der Waals surface area contributed by atoms with Crippen LogP contribution < -0.4 is 11.5 Å². The van der Waals surface area contributed by atoms with Crippen molar-refractivity contribution in [3.8, 4) is 0 Å². The van der Waals surface area contributed by atoms with Crippen LogP contribution in [0, 0.1) is 0 Å². The molecule has 4 nitrogen and oxygen atoms in total. The molecule has 1 aromatic rings. The van der Waals surface area contributed by atoms with Crippen molar-refractivity contribution in [3.63, 3.8) is 0 Å². The highest BCUT2D eigenvalue weighted by molar-refractivity contribution is 5.32. The summed E-state index contributed by atoms with van der Waals surface area (Å²) >= 11 is 0. The van der Waals surface area contributed by atoms with E-state index in [0.717, 1.165) is 31.5 Å². The van der Waals surface area contributed by atoms with Crippen LogP contribution in [0.1, 0.15) is 39.7 Å². The molecular formula is C15H28N4. The van der Waals surface area contributed by atoms with Gasteiger partial charge in [0.2, 0.25) is 0 Å². The lowest BCUT2D eigenvalue weighted by Gasteiger charge is -2.44. The first-order valence-electron chi connectivity index (χ1n) is 7.18. The summed E-state index contributed by atoms with van der Waals surface area (Å²) < 4.78 is 0. The zero-order valence-corrected chi connectivity index (χ0v) is 12.7. The minimum Gasteiger partial charge on any atom is -0.384 e. The number of nitrogens with two attached hydrogens (primary N) is 2. The summed E-state index contributed by atoms with van der Waals surface area (Å²) in [5, 5.41) is 0. The second-order valence-corrected chi connectivity index (χ2v) is 5.28. The summed E-state index contributed by atoms with van der Waals surface area (Å²) in [6.07, 6.45) is 3.61. The third-order valence-corrected chi connectivity index (χ3v) is 4.30. The maximum absolute atomic E-state index is 6.49. The van der Waals surface area contributed by atoms with E-state index in [4.69, 9.17) is 11.5 Å². The third kappa shape index (κ3) is 3.67. The van der Waals surface area contributed by atoms with Gasteiger partial charge in [0.1, 0.15) is 5.82 Å². The lowest BCUT2D eigenvalue weighted by molar-refractivity contribution is 0.0845. The van der Waals surface area contributed by atoms with Gasteiger partial charge in [-0.15, -0.1) is 0 Å². The van der Waals surface area contributed by atoms with Crippen LogP contribution >= 0.6 is 0 Å². The van der Waals surface area contributed by atoms with Crippen molar-refractivity contribution in [1.82, 2.24) is 9.88 Å². The van der Waals surface area contributed by atoms with E-state index in [0.29, 0.717) is 5.82 Å². The van der Waals surface area contributed by atoms with Crippen molar-refractivity contribution in [1.29, 1.82) is 0 Å². The lowest BCUT2D eigenvalue weighted by atomic mass is 9.84. The molecule has 2 atom stereocenters. The Morgan fingerprint density at radius 2 is 1.95 bits per heavy atom. The van der Waals surface area contributed by atoms with Gasteiger partial charge >= 0.3 is 0 Å². The van der Waals surface area contributed by atoms with Gasteiger partial charge < -0.3 is 11.5 Å². The second kappa shape index (κ2) is 6.87. The van der Waals surface area contributed by atoms with Crippen molar-refractivity contribution in [2.24, 2.45) is 5.73 Å². The Kier molecular flexibility index (Phi) is 5.76. The van der Waals surface area contributed by atoms with Crippen LogP contribution in [-0.4, -0.2) is 34.6 Å². The minimum atomic E-state index is 0.0154. The SMILES string of the molecule is CCN(CC)C(C)(CC)C(N)Cc1ccnc(N)c1. The Balaban J connectivity index is 2.87. The molecule has 0 radical (unpaired) electrons. The van der Waals surface area contributed by atoms with Crippen LogP contribution in [-0.2, 0) is 6.42 Å². The maximum atomic E-state index is 6.49. The highest BCUT2D eigenvalue weighted by Crippen LogP contribution is 2.24. The molecular weight excluding hydrogens is 236 g/mol. The van der Waals surface area contributed by atoms with Gasteiger partial charge in [-0.2, -0.15) is 0 Å². The molecule has 0 spiro atoms. The van der Waals surface area contributed by atoms with Gasteiger partial charge in [0, 0.05) is 17.8 Å². The van der Waals surface area contributed by atoms with Gasteiger partial charge in [-0.3, -0.25) is 4.90 Å². The summed E-state index contributed by atoms with van der Waals surface area (Å²) in [7, 11) is 0. The van der Waals surface area contributed by atoms with E-state index in [9.17, 15) is 0 Å². The molecule has 0 aliphatic heterocycles. The van der Waals surface area contributed by atoms with Crippen LogP contribution in [0.5, 0.6) is 0 Å². The molecule has 0 aliphatic carbocycles. The number of hydrogen-bond acceptors (Lipinski definition) is 4. The van der Waals surface area contributed by atoms with Crippen molar-refractivity contribution < 1.29 is 0 Å². The number of nitrogens with zero attached hydrogens (tertiary/aromatic N) is 2. The third-order valence-electron chi connectivity index (χ3n) is 4.30. The highest BCUT2D eigenvalue weighted by atomic mass is 15.2. The number of pyridine rings is 1. The standard InChI is InChI=1S/C15H28N4/c1-5-15(4,19(6-2)7-3)13(16)10-12-8-9-18-14(17)11-12/h8-9,11,13H,5-7,10,16H2,1-4H3,(H2,17,18). The van der Waals surface area contributed by atoms with Crippen LogP contribution in [0.4, 0.5) is 5.82 Å². The van der Waals surface area contributed by atoms with Gasteiger partial charge in [-0.05, 0) is 50.6 Å². The zero-order valence-electron chi connectivity index (χ0n) is 12.7. The number of rotatable bonds is 7. The fourth-order valence-electron chi connectivity index (χ4n) is 2.76. The smallest absolute Gasteiger partial charge is 0.123 e. The Labute approximate surface area is 117 Å². The quantitative estimate of drug-likeness (QED) is 0.791. The largest absolute Gasteiger partial charge is 0.384 e. The Morgan fingerprint density at radius 1 is 1.32 bits per heavy atom. The van der Waals surface area contributed by atoms with Crippen LogP contribution in [0.2, 0.25) is 0 Å². The molecule has 19 heavy (non-hydrogen) atoms. The van der Waals surface area contributed by atoms with Crippen LogP contribution in [0.25, 0.3) is 0 Å². The first-order chi connectivity index (χ1) is 8.97. The average Bonchev–Trinajstić information content (AvgIpc) is 2.39. The molecule has 4 N–H and O–H groups in total. The van der Waals surface area contributed by atoms with Gasteiger partial charge in [0.25, 0.3) is 0 Å². The summed E-state index contributed by atoms with van der Waals surface area (Å²) in [6.45, 7) is 10.9. The van der Waals surface area contributed by atoms with E-state index in [1.165, 1.54) is 0 Å². The molecule has 2 unspecified atom stereocenters. The van der Waals surface area contributed by atoms with Crippen LogP contribution in [0.3, 0.4) is 0 Å². The first kappa shape index (κ1) is 15.9. The van der Waals surface area contributed by atoms with E-state index in [1.54, 1.807) is 6.20 Å². The number of hydrogen-bond donors (Lipinski definition) is 2. The van der Waals surface area contributed by atoms with E-state index < -0.39 is 0 Å². The molecule has 4 heteroatoms. The molecule has 108 valence electrons. The fourth-order valence-corrected chi connectivity index (χ4v) is 2.76. The molecule has 0 bridgehead atoms. The molecule has 0 fully saturated rings. The van der Waals surface area contributed by atoms with Crippen molar-refractivity contribution in [2.75, 3.05) is 18.8 Å². The lowest BCUT2D eigenvalue weighted by Crippen LogP contribution is -2.58. The number of aromatic nitrogens is 1. The monoisotopic (exact) mass is 264 g/mol. The average molecular weight is 264 g/mol. The predicted molar refractivity (Wildman–Crippen MR) is 81.9 cm³/mol. The number of likely N-dealkylation sites (N-methyl/N-ethyl adjacent to an activating group) is 1. The maximum Gasteiger partial charge on any atom is 0.123 e. The van der Waals surface area contributed by atoms with Crippen LogP contribution in [0.15, 0.2) is 18.3 Å². The fraction of sp³-hybridized carbons (Fsp3) is 0.667. The van der Waals surface area contributed by atoms with Gasteiger partial charge in [-0.25, -0.2) is 4.98 Å². The second-order valence-electron chi connectivity index (χ2n) is 5.28. The number of nitrogen functional groups attached to an aromatic ring is 1. The van der Waals surface area contributed by atoms with E-state index in [2.05, 4.69) is 37.6 Å². The molecule has 0 aromatic carbocycles. The van der Waals surface area contributed by atoms with Gasteiger partial charge in [0.05, 0.1) is 0 Å². The van der Waals surface area contributed by atoms with E-state index in [1.807, 2.05) is 12.1 Å². The van der Waals surface area contributed by atoms with E-state index in [-0.39, 0.29) is 11.6 Å². The van der Waals surface area contributed by atoms with Crippen molar-refractivity contribution in [2.45, 2.75) is 52.1 Å². The normalized spacial score (nSPS) is 16.3. The molecule has 0 aliphatic rings. The zero-order chi connectivity index (χ0) is 14.5. The first-order valence-corrected chi connectivity index (χ1v) is 7.18.